The molecular weight excluding hydrogens is 408 g/mol. The fraction of sp³-hybridized carbons (Fsp3) is 0.458. The number of rotatable bonds is 5. The van der Waals surface area contributed by atoms with Crippen LogP contribution in [0.15, 0.2) is 42.5 Å². The molecular formula is C24H30N4O4. The number of carbonyl (C=O) groups is 3. The summed E-state index contributed by atoms with van der Waals surface area (Å²) in [7, 11) is 0. The molecule has 0 bridgehead atoms. The molecule has 0 saturated carbocycles. The Morgan fingerprint density at radius 1 is 1.00 bits per heavy atom. The Hall–Kier alpha value is -3.13. The van der Waals surface area contributed by atoms with Crippen molar-refractivity contribution < 1.29 is 19.1 Å². The van der Waals surface area contributed by atoms with Gasteiger partial charge in [-0.3, -0.25) is 14.5 Å². The van der Waals surface area contributed by atoms with Crippen molar-refractivity contribution in [2.75, 3.05) is 45.9 Å². The van der Waals surface area contributed by atoms with Crippen LogP contribution in [0.25, 0.3) is 10.8 Å². The first-order valence-electron chi connectivity index (χ1n) is 11.2. The van der Waals surface area contributed by atoms with E-state index < -0.39 is 6.04 Å². The molecule has 0 spiro atoms. The standard InChI is InChI=1S/C24H30N4O4/c1-2-32-24(31)27-14-12-26(13-15-27)22(29)16-21-23(30)25-10-11-28(21)17-19-8-5-7-18-6-3-4-9-20(18)19/h3-9,21H,2,10-17H2,1H3,(H,25,30). The first kappa shape index (κ1) is 22.1. The molecule has 2 aromatic carbocycles. The van der Waals surface area contributed by atoms with Crippen LogP contribution in [0.3, 0.4) is 0 Å². The van der Waals surface area contributed by atoms with Crippen molar-refractivity contribution in [3.05, 3.63) is 48.0 Å². The fourth-order valence-electron chi connectivity index (χ4n) is 4.47. The number of fused-ring (bicyclic) bond motifs is 1. The zero-order valence-corrected chi connectivity index (χ0v) is 18.5. The third kappa shape index (κ3) is 4.85. The lowest BCUT2D eigenvalue weighted by atomic mass is 10.0. The van der Waals surface area contributed by atoms with Crippen molar-refractivity contribution in [1.82, 2.24) is 20.0 Å². The fourth-order valence-corrected chi connectivity index (χ4v) is 4.47. The van der Waals surface area contributed by atoms with E-state index in [4.69, 9.17) is 4.74 Å². The number of benzene rings is 2. The summed E-state index contributed by atoms with van der Waals surface area (Å²) < 4.78 is 5.04. The van der Waals surface area contributed by atoms with Gasteiger partial charge in [0.15, 0.2) is 0 Å². The monoisotopic (exact) mass is 438 g/mol. The minimum absolute atomic E-state index is 0.0570. The highest BCUT2D eigenvalue weighted by Gasteiger charge is 2.34. The van der Waals surface area contributed by atoms with Gasteiger partial charge >= 0.3 is 6.09 Å². The van der Waals surface area contributed by atoms with Crippen molar-refractivity contribution in [3.63, 3.8) is 0 Å². The van der Waals surface area contributed by atoms with Gasteiger partial charge in [0, 0.05) is 45.8 Å². The number of nitrogens with zero attached hydrogens (tertiary/aromatic N) is 3. The summed E-state index contributed by atoms with van der Waals surface area (Å²) in [6, 6.07) is 13.9. The zero-order valence-electron chi connectivity index (χ0n) is 18.5. The van der Waals surface area contributed by atoms with E-state index in [1.165, 1.54) is 10.8 Å². The van der Waals surface area contributed by atoms with Crippen LogP contribution in [0.2, 0.25) is 0 Å². The third-order valence-corrected chi connectivity index (χ3v) is 6.22. The lowest BCUT2D eigenvalue weighted by Gasteiger charge is -2.38. The topological polar surface area (TPSA) is 82.2 Å². The lowest BCUT2D eigenvalue weighted by Crippen LogP contribution is -2.57. The second kappa shape index (κ2) is 9.99. The van der Waals surface area contributed by atoms with Gasteiger partial charge in [-0.25, -0.2) is 4.79 Å². The molecule has 2 heterocycles. The molecule has 1 atom stereocenters. The van der Waals surface area contributed by atoms with Gasteiger partial charge in [0.25, 0.3) is 0 Å². The summed E-state index contributed by atoms with van der Waals surface area (Å²) in [4.78, 5) is 43.1. The number of nitrogens with one attached hydrogen (secondary N) is 1. The number of amides is 3. The summed E-state index contributed by atoms with van der Waals surface area (Å²) >= 11 is 0. The summed E-state index contributed by atoms with van der Waals surface area (Å²) in [6.07, 6.45) is -0.205. The van der Waals surface area contributed by atoms with Crippen molar-refractivity contribution in [2.45, 2.75) is 25.9 Å². The van der Waals surface area contributed by atoms with E-state index in [0.29, 0.717) is 52.4 Å². The maximum absolute atomic E-state index is 13.0. The van der Waals surface area contributed by atoms with E-state index in [2.05, 4.69) is 34.5 Å². The number of hydrogen-bond acceptors (Lipinski definition) is 5. The van der Waals surface area contributed by atoms with E-state index >= 15 is 0 Å². The van der Waals surface area contributed by atoms with Crippen LogP contribution in [0, 0.1) is 0 Å². The SMILES string of the molecule is CCOC(=O)N1CCN(C(=O)CC2C(=O)NCCN2Cc2cccc3ccccc23)CC1. The predicted octanol–water partition coefficient (Wildman–Crippen LogP) is 1.83. The van der Waals surface area contributed by atoms with Gasteiger partial charge in [-0.15, -0.1) is 0 Å². The molecule has 1 unspecified atom stereocenters. The molecule has 2 saturated heterocycles. The molecule has 2 aliphatic heterocycles. The molecule has 2 fully saturated rings. The minimum atomic E-state index is -0.502. The molecule has 2 aromatic rings. The summed E-state index contributed by atoms with van der Waals surface area (Å²) in [5, 5.41) is 5.24. The molecule has 0 aromatic heterocycles. The molecule has 8 heteroatoms. The van der Waals surface area contributed by atoms with Crippen LogP contribution in [0.5, 0.6) is 0 Å². The van der Waals surface area contributed by atoms with Gasteiger partial charge in [0.1, 0.15) is 0 Å². The normalized spacial score (nSPS) is 19.7. The quantitative estimate of drug-likeness (QED) is 0.770. The van der Waals surface area contributed by atoms with Crippen LogP contribution in [-0.4, -0.2) is 84.5 Å². The Bertz CT molecular complexity index is 982. The maximum atomic E-state index is 13.0. The average molecular weight is 439 g/mol. The van der Waals surface area contributed by atoms with Crippen molar-refractivity contribution in [1.29, 1.82) is 0 Å². The summed E-state index contributed by atoms with van der Waals surface area (Å²) in [5.41, 5.74) is 1.15. The number of ether oxygens (including phenoxy) is 1. The van der Waals surface area contributed by atoms with Gasteiger partial charge in [-0.1, -0.05) is 42.5 Å². The Morgan fingerprint density at radius 3 is 2.50 bits per heavy atom. The lowest BCUT2D eigenvalue weighted by molar-refractivity contribution is -0.140. The van der Waals surface area contributed by atoms with Crippen molar-refractivity contribution in [3.8, 4) is 0 Å². The van der Waals surface area contributed by atoms with Gasteiger partial charge in [0.05, 0.1) is 19.1 Å². The van der Waals surface area contributed by atoms with Crippen LogP contribution >= 0.6 is 0 Å². The molecule has 3 amide bonds. The predicted molar refractivity (Wildman–Crippen MR) is 121 cm³/mol. The molecule has 0 radical (unpaired) electrons. The molecule has 2 aliphatic rings. The molecule has 32 heavy (non-hydrogen) atoms. The Labute approximate surface area is 188 Å². The zero-order chi connectivity index (χ0) is 22.5. The van der Waals surface area contributed by atoms with Crippen LogP contribution in [0.4, 0.5) is 4.79 Å². The van der Waals surface area contributed by atoms with Crippen molar-refractivity contribution in [2.24, 2.45) is 0 Å². The highest BCUT2D eigenvalue weighted by Crippen LogP contribution is 2.22. The van der Waals surface area contributed by atoms with E-state index in [1.54, 1.807) is 16.7 Å². The van der Waals surface area contributed by atoms with Crippen molar-refractivity contribution >= 4 is 28.7 Å². The van der Waals surface area contributed by atoms with Gasteiger partial charge in [-0.05, 0) is 23.3 Å². The maximum Gasteiger partial charge on any atom is 0.409 e. The minimum Gasteiger partial charge on any atom is -0.450 e. The second-order valence-corrected chi connectivity index (χ2v) is 8.19. The summed E-state index contributed by atoms with van der Waals surface area (Å²) in [5.74, 6) is -0.159. The van der Waals surface area contributed by atoms with Gasteiger partial charge < -0.3 is 19.9 Å². The van der Waals surface area contributed by atoms with E-state index in [-0.39, 0.29) is 24.3 Å². The van der Waals surface area contributed by atoms with Gasteiger partial charge in [0.2, 0.25) is 11.8 Å². The average Bonchev–Trinajstić information content (AvgIpc) is 2.81. The molecule has 0 aliphatic carbocycles. The van der Waals surface area contributed by atoms with Crippen LogP contribution < -0.4 is 5.32 Å². The first-order chi connectivity index (χ1) is 15.6. The Balaban J connectivity index is 1.41. The number of carbonyl (C=O) groups excluding carboxylic acids is 3. The van der Waals surface area contributed by atoms with E-state index in [1.807, 2.05) is 18.2 Å². The van der Waals surface area contributed by atoms with Gasteiger partial charge in [-0.2, -0.15) is 0 Å². The highest BCUT2D eigenvalue weighted by molar-refractivity contribution is 5.89. The molecule has 170 valence electrons. The smallest absolute Gasteiger partial charge is 0.409 e. The summed E-state index contributed by atoms with van der Waals surface area (Å²) in [6.45, 7) is 5.80. The third-order valence-electron chi connectivity index (χ3n) is 6.22. The number of piperazine rings is 2. The van der Waals surface area contributed by atoms with Crippen LogP contribution in [-0.2, 0) is 20.9 Å². The molecule has 4 rings (SSSR count). The molecule has 1 N–H and O–H groups in total. The van der Waals surface area contributed by atoms with Crippen LogP contribution in [0.1, 0.15) is 18.9 Å². The Kier molecular flexibility index (Phi) is 6.90. The Morgan fingerprint density at radius 2 is 1.72 bits per heavy atom. The second-order valence-electron chi connectivity index (χ2n) is 8.19. The highest BCUT2D eigenvalue weighted by atomic mass is 16.6. The van der Waals surface area contributed by atoms with E-state index in [0.717, 1.165) is 5.56 Å². The molecule has 8 nitrogen and oxygen atoms in total. The van der Waals surface area contributed by atoms with E-state index in [9.17, 15) is 14.4 Å². The largest absolute Gasteiger partial charge is 0.450 e. The first-order valence-corrected chi connectivity index (χ1v) is 11.2. The number of hydrogen-bond donors (Lipinski definition) is 1.